The van der Waals surface area contributed by atoms with Crippen molar-refractivity contribution in [2.45, 2.75) is 38.3 Å². The van der Waals surface area contributed by atoms with Crippen LogP contribution in [-0.4, -0.2) is 26.8 Å². The van der Waals surface area contributed by atoms with Crippen molar-refractivity contribution in [3.05, 3.63) is 35.4 Å². The average Bonchev–Trinajstić information content (AvgIpc) is 2.45. The zero-order valence-corrected chi connectivity index (χ0v) is 12.6. The van der Waals surface area contributed by atoms with Gasteiger partial charge in [0.25, 0.3) is 0 Å². The molecule has 118 valence electrons. The largest absolute Gasteiger partial charge is 0.314 e. The molecule has 2 N–H and O–H groups in total. The molecule has 4 nitrogen and oxygen atoms in total. The molecule has 0 aliphatic carbocycles. The SMILES string of the molecule is O=S(=O)(CCC1CCCCN1)NCc1ccc(F)cc1F. The number of sulfonamides is 1. The van der Waals surface area contributed by atoms with E-state index in [9.17, 15) is 17.2 Å². The summed E-state index contributed by atoms with van der Waals surface area (Å²) in [6.45, 7) is 0.769. The smallest absolute Gasteiger partial charge is 0.211 e. The van der Waals surface area contributed by atoms with Crippen LogP contribution in [0.2, 0.25) is 0 Å². The molecule has 1 saturated heterocycles. The third kappa shape index (κ3) is 5.33. The number of rotatable bonds is 6. The normalized spacial score (nSPS) is 19.6. The fourth-order valence-corrected chi connectivity index (χ4v) is 3.51. The number of halogens is 2. The standard InChI is InChI=1S/C14H20F2N2O2S/c15-12-5-4-11(14(16)9-12)10-18-21(19,20)8-6-13-3-1-2-7-17-13/h4-5,9,13,17-18H,1-3,6-8,10H2. The fraction of sp³-hybridized carbons (Fsp3) is 0.571. The van der Waals surface area contributed by atoms with Gasteiger partial charge in [0.2, 0.25) is 10.0 Å². The van der Waals surface area contributed by atoms with Crippen LogP contribution in [0.4, 0.5) is 8.78 Å². The molecule has 2 rings (SSSR count). The molecule has 0 amide bonds. The molecule has 1 heterocycles. The molecule has 1 unspecified atom stereocenters. The van der Waals surface area contributed by atoms with Crippen molar-refractivity contribution in [1.29, 1.82) is 0 Å². The summed E-state index contributed by atoms with van der Waals surface area (Å²) >= 11 is 0. The van der Waals surface area contributed by atoms with Gasteiger partial charge >= 0.3 is 0 Å². The first-order valence-electron chi connectivity index (χ1n) is 7.11. The highest BCUT2D eigenvalue weighted by atomic mass is 32.2. The minimum absolute atomic E-state index is 0.00742. The van der Waals surface area contributed by atoms with E-state index in [1.54, 1.807) is 0 Å². The van der Waals surface area contributed by atoms with E-state index in [1.807, 2.05) is 0 Å². The van der Waals surface area contributed by atoms with E-state index in [2.05, 4.69) is 10.0 Å². The molecular weight excluding hydrogens is 298 g/mol. The summed E-state index contributed by atoms with van der Waals surface area (Å²) in [5.74, 6) is -1.41. The Labute approximate surface area is 124 Å². The summed E-state index contributed by atoms with van der Waals surface area (Å²) in [5.41, 5.74) is 0.135. The quantitative estimate of drug-likeness (QED) is 0.842. The lowest BCUT2D eigenvalue weighted by atomic mass is 10.0. The first-order valence-corrected chi connectivity index (χ1v) is 8.76. The van der Waals surface area contributed by atoms with E-state index >= 15 is 0 Å². The summed E-state index contributed by atoms with van der Waals surface area (Å²) in [6.07, 6.45) is 3.78. The van der Waals surface area contributed by atoms with Gasteiger partial charge in [-0.1, -0.05) is 12.5 Å². The number of piperidine rings is 1. The molecule has 0 saturated carbocycles. The van der Waals surface area contributed by atoms with Gasteiger partial charge in [-0.15, -0.1) is 0 Å². The van der Waals surface area contributed by atoms with E-state index in [4.69, 9.17) is 0 Å². The highest BCUT2D eigenvalue weighted by molar-refractivity contribution is 7.89. The number of nitrogens with one attached hydrogen (secondary N) is 2. The Morgan fingerprint density at radius 2 is 2.10 bits per heavy atom. The highest BCUT2D eigenvalue weighted by Crippen LogP contribution is 2.12. The van der Waals surface area contributed by atoms with Crippen molar-refractivity contribution in [3.63, 3.8) is 0 Å². The van der Waals surface area contributed by atoms with Crippen LogP contribution >= 0.6 is 0 Å². The van der Waals surface area contributed by atoms with Crippen LogP contribution < -0.4 is 10.0 Å². The topological polar surface area (TPSA) is 58.2 Å². The zero-order chi connectivity index (χ0) is 15.3. The molecular formula is C14H20F2N2O2S. The van der Waals surface area contributed by atoms with Crippen molar-refractivity contribution in [2.24, 2.45) is 0 Å². The summed E-state index contributed by atoms with van der Waals surface area (Å²) in [5, 5.41) is 3.29. The lowest BCUT2D eigenvalue weighted by Crippen LogP contribution is -2.37. The number of hydrogen-bond acceptors (Lipinski definition) is 3. The molecule has 0 aromatic heterocycles. The lowest BCUT2D eigenvalue weighted by Gasteiger charge is -2.23. The molecule has 7 heteroatoms. The van der Waals surface area contributed by atoms with Crippen LogP contribution in [0, 0.1) is 11.6 Å². The molecule has 1 aromatic carbocycles. The van der Waals surface area contributed by atoms with Gasteiger partial charge in [0.05, 0.1) is 5.75 Å². The first kappa shape index (κ1) is 16.3. The summed E-state index contributed by atoms with van der Waals surface area (Å²) in [6, 6.07) is 3.34. The Hall–Kier alpha value is -1.05. The monoisotopic (exact) mass is 318 g/mol. The predicted molar refractivity (Wildman–Crippen MR) is 77.2 cm³/mol. The van der Waals surface area contributed by atoms with Gasteiger partial charge in [0.15, 0.2) is 0 Å². The zero-order valence-electron chi connectivity index (χ0n) is 11.7. The van der Waals surface area contributed by atoms with E-state index in [1.165, 1.54) is 6.07 Å². The molecule has 1 fully saturated rings. The minimum atomic E-state index is -3.46. The van der Waals surface area contributed by atoms with Crippen molar-refractivity contribution in [3.8, 4) is 0 Å². The maximum absolute atomic E-state index is 13.4. The Morgan fingerprint density at radius 1 is 1.29 bits per heavy atom. The van der Waals surface area contributed by atoms with E-state index < -0.39 is 21.7 Å². The van der Waals surface area contributed by atoms with Gasteiger partial charge in [-0.2, -0.15) is 0 Å². The average molecular weight is 318 g/mol. The van der Waals surface area contributed by atoms with Gasteiger partial charge in [0.1, 0.15) is 11.6 Å². The molecule has 1 atom stereocenters. The van der Waals surface area contributed by atoms with Crippen LogP contribution in [0.5, 0.6) is 0 Å². The van der Waals surface area contributed by atoms with Crippen molar-refractivity contribution >= 4 is 10.0 Å². The summed E-state index contributed by atoms with van der Waals surface area (Å²) in [7, 11) is -3.46. The predicted octanol–water partition coefficient (Wildman–Crippen LogP) is 1.92. The summed E-state index contributed by atoms with van der Waals surface area (Å²) < 4.78 is 52.3. The second-order valence-corrected chi connectivity index (χ2v) is 7.24. The van der Waals surface area contributed by atoms with Gasteiger partial charge in [-0.05, 0) is 31.9 Å². The molecule has 1 aromatic rings. The third-order valence-corrected chi connectivity index (χ3v) is 5.00. The Bertz CT molecular complexity index is 572. The Balaban J connectivity index is 1.83. The lowest BCUT2D eigenvalue weighted by molar-refractivity contribution is 0.392. The van der Waals surface area contributed by atoms with Crippen molar-refractivity contribution in [2.75, 3.05) is 12.3 Å². The molecule has 1 aliphatic heterocycles. The maximum atomic E-state index is 13.4. The minimum Gasteiger partial charge on any atom is -0.314 e. The summed E-state index contributed by atoms with van der Waals surface area (Å²) in [4.78, 5) is 0. The number of hydrogen-bond donors (Lipinski definition) is 2. The van der Waals surface area contributed by atoms with Crippen LogP contribution in [0.25, 0.3) is 0 Å². The maximum Gasteiger partial charge on any atom is 0.211 e. The molecule has 0 bridgehead atoms. The van der Waals surface area contributed by atoms with Crippen LogP contribution in [-0.2, 0) is 16.6 Å². The molecule has 0 radical (unpaired) electrons. The highest BCUT2D eigenvalue weighted by Gasteiger charge is 2.17. The van der Waals surface area contributed by atoms with E-state index in [0.717, 1.165) is 37.9 Å². The van der Waals surface area contributed by atoms with Crippen LogP contribution in [0.15, 0.2) is 18.2 Å². The Kier molecular flexibility index (Phi) is 5.66. The fourth-order valence-electron chi connectivity index (χ4n) is 2.39. The first-order chi connectivity index (χ1) is 9.96. The Morgan fingerprint density at radius 3 is 2.76 bits per heavy atom. The third-order valence-electron chi connectivity index (χ3n) is 3.65. The van der Waals surface area contributed by atoms with Crippen LogP contribution in [0.3, 0.4) is 0 Å². The van der Waals surface area contributed by atoms with E-state index in [-0.39, 0.29) is 23.9 Å². The number of benzene rings is 1. The van der Waals surface area contributed by atoms with E-state index in [0.29, 0.717) is 6.42 Å². The molecule has 0 spiro atoms. The van der Waals surface area contributed by atoms with Gasteiger partial charge in [-0.3, -0.25) is 0 Å². The second-order valence-electron chi connectivity index (χ2n) is 5.31. The molecule has 1 aliphatic rings. The molecule has 21 heavy (non-hydrogen) atoms. The van der Waals surface area contributed by atoms with Crippen molar-refractivity contribution < 1.29 is 17.2 Å². The van der Waals surface area contributed by atoms with Gasteiger partial charge in [0, 0.05) is 24.2 Å². The van der Waals surface area contributed by atoms with Gasteiger partial charge in [-0.25, -0.2) is 21.9 Å². The van der Waals surface area contributed by atoms with Crippen LogP contribution in [0.1, 0.15) is 31.2 Å². The van der Waals surface area contributed by atoms with Gasteiger partial charge < -0.3 is 5.32 Å². The van der Waals surface area contributed by atoms with Crippen molar-refractivity contribution in [1.82, 2.24) is 10.0 Å². The second kappa shape index (κ2) is 7.29.